The van der Waals surface area contributed by atoms with Crippen LogP contribution in [0.3, 0.4) is 0 Å². The van der Waals surface area contributed by atoms with Crippen LogP contribution in [0.4, 0.5) is 5.95 Å². The van der Waals surface area contributed by atoms with Crippen LogP contribution in [0.15, 0.2) is 11.1 Å². The van der Waals surface area contributed by atoms with Gasteiger partial charge in [0.25, 0.3) is 5.56 Å². The van der Waals surface area contributed by atoms with E-state index in [1.165, 1.54) is 0 Å². The predicted molar refractivity (Wildman–Crippen MR) is 86.1 cm³/mol. The summed E-state index contributed by atoms with van der Waals surface area (Å²) < 4.78 is 18.1. The van der Waals surface area contributed by atoms with Crippen molar-refractivity contribution >= 4 is 17.1 Å². The van der Waals surface area contributed by atoms with Crippen molar-refractivity contribution < 1.29 is 14.2 Å². The number of rotatable bonds is 5. The number of anilines is 1. The lowest BCUT2D eigenvalue weighted by Crippen LogP contribution is -2.34. The van der Waals surface area contributed by atoms with Gasteiger partial charge in [0.1, 0.15) is 12.2 Å². The quantitative estimate of drug-likeness (QED) is 0.734. The van der Waals surface area contributed by atoms with Crippen molar-refractivity contribution in [3.8, 4) is 12.5 Å². The van der Waals surface area contributed by atoms with Gasteiger partial charge in [0.2, 0.25) is 5.95 Å². The van der Waals surface area contributed by atoms with Gasteiger partial charge in [0.05, 0.1) is 19.0 Å². The smallest absolute Gasteiger partial charge is 0.280 e. The Hall–Kier alpha value is -2.57. The van der Waals surface area contributed by atoms with Gasteiger partial charge in [-0.2, -0.15) is 4.98 Å². The number of ether oxygens (including phenoxy) is 3. The molecular formula is C15H19N5O4. The minimum Gasteiger partial charge on any atom is -0.438 e. The summed E-state index contributed by atoms with van der Waals surface area (Å²) in [5.74, 6) is 0.110. The summed E-state index contributed by atoms with van der Waals surface area (Å²) in [5, 5.41) is 0. The molecule has 0 aromatic carbocycles. The Morgan fingerprint density at radius 1 is 1.50 bits per heavy atom. The van der Waals surface area contributed by atoms with Gasteiger partial charge >= 0.3 is 0 Å². The molecule has 9 heteroatoms. The highest BCUT2D eigenvalue weighted by atomic mass is 16.5. The lowest BCUT2D eigenvalue weighted by atomic mass is 10.1. The van der Waals surface area contributed by atoms with Crippen LogP contribution >= 0.6 is 0 Å². The number of terminal acetylenes is 1. The highest BCUT2D eigenvalue weighted by Gasteiger charge is 2.46. The highest BCUT2D eigenvalue weighted by molar-refractivity contribution is 5.70. The number of imidazole rings is 1. The van der Waals surface area contributed by atoms with Crippen molar-refractivity contribution in [1.29, 1.82) is 0 Å². The van der Waals surface area contributed by atoms with Crippen LogP contribution in [0.25, 0.3) is 11.2 Å². The first-order valence-corrected chi connectivity index (χ1v) is 7.46. The molecule has 0 aliphatic heterocycles. The van der Waals surface area contributed by atoms with E-state index in [1.807, 2.05) is 0 Å². The van der Waals surface area contributed by atoms with Gasteiger partial charge in [-0.05, 0) is 6.42 Å². The van der Waals surface area contributed by atoms with Gasteiger partial charge in [-0.3, -0.25) is 9.78 Å². The number of H-pyrrole nitrogens is 1. The van der Waals surface area contributed by atoms with Crippen molar-refractivity contribution in [2.45, 2.75) is 24.7 Å². The molecule has 4 unspecified atom stereocenters. The molecule has 128 valence electrons. The predicted octanol–water partition coefficient (Wildman–Crippen LogP) is -0.0999. The fourth-order valence-corrected chi connectivity index (χ4v) is 3.45. The Morgan fingerprint density at radius 3 is 2.96 bits per heavy atom. The monoisotopic (exact) mass is 333 g/mol. The minimum atomic E-state index is -0.417. The lowest BCUT2D eigenvalue weighted by Gasteiger charge is -2.24. The fourth-order valence-electron chi connectivity index (χ4n) is 3.45. The molecule has 2 aromatic heterocycles. The first kappa shape index (κ1) is 16.3. The van der Waals surface area contributed by atoms with Gasteiger partial charge in [-0.25, -0.2) is 4.98 Å². The lowest BCUT2D eigenvalue weighted by molar-refractivity contribution is -0.0360. The standard InChI is InChI=1S/C15H19N5O4/c1-4-24-12-9(5-8(6-22-2)11(12)23-3)20-7-17-10-13(20)18-15(16)19-14(10)21/h1,7-9,11-12H,5-6H2,2-3H3,(H3,16,18,19,21). The Bertz CT molecular complexity index is 823. The minimum absolute atomic E-state index is 0.0263. The summed E-state index contributed by atoms with van der Waals surface area (Å²) in [4.78, 5) is 22.7. The normalized spacial score (nSPS) is 26.5. The summed E-state index contributed by atoms with van der Waals surface area (Å²) in [6.45, 7) is 0.502. The highest BCUT2D eigenvalue weighted by Crippen LogP contribution is 2.39. The number of hydrogen-bond donors (Lipinski definition) is 2. The van der Waals surface area contributed by atoms with Crippen LogP contribution in [-0.2, 0) is 14.2 Å². The van der Waals surface area contributed by atoms with E-state index in [0.29, 0.717) is 18.7 Å². The molecule has 0 saturated heterocycles. The average molecular weight is 333 g/mol. The molecule has 0 bridgehead atoms. The molecular weight excluding hydrogens is 314 g/mol. The fraction of sp³-hybridized carbons (Fsp3) is 0.533. The summed E-state index contributed by atoms with van der Waals surface area (Å²) in [7, 11) is 3.24. The molecule has 2 aromatic rings. The molecule has 4 atom stereocenters. The maximum Gasteiger partial charge on any atom is 0.280 e. The third kappa shape index (κ3) is 2.60. The van der Waals surface area contributed by atoms with Gasteiger partial charge in [0, 0.05) is 20.1 Å². The van der Waals surface area contributed by atoms with Crippen molar-refractivity contribution in [2.24, 2.45) is 5.92 Å². The topological polar surface area (TPSA) is 117 Å². The molecule has 1 aliphatic rings. The van der Waals surface area contributed by atoms with Gasteiger partial charge in [0.15, 0.2) is 17.3 Å². The first-order valence-electron chi connectivity index (χ1n) is 7.46. The second kappa shape index (κ2) is 6.51. The van der Waals surface area contributed by atoms with E-state index in [9.17, 15) is 4.79 Å². The zero-order chi connectivity index (χ0) is 17.3. The molecule has 0 amide bonds. The summed E-state index contributed by atoms with van der Waals surface area (Å²) in [6, 6.07) is -0.204. The average Bonchev–Trinajstić information content (AvgIpc) is 3.09. The molecule has 0 spiro atoms. The maximum atomic E-state index is 12.0. The number of nitrogen functional groups attached to an aromatic ring is 1. The van der Waals surface area contributed by atoms with Crippen LogP contribution in [0.2, 0.25) is 0 Å². The van der Waals surface area contributed by atoms with Crippen LogP contribution in [0.1, 0.15) is 12.5 Å². The van der Waals surface area contributed by atoms with Gasteiger partial charge < -0.3 is 24.5 Å². The number of aromatic nitrogens is 4. The van der Waals surface area contributed by atoms with E-state index in [-0.39, 0.29) is 35.1 Å². The van der Waals surface area contributed by atoms with E-state index in [0.717, 1.165) is 0 Å². The van der Waals surface area contributed by atoms with Crippen molar-refractivity contribution in [3.63, 3.8) is 0 Å². The van der Waals surface area contributed by atoms with E-state index in [1.54, 1.807) is 25.1 Å². The molecule has 24 heavy (non-hydrogen) atoms. The van der Waals surface area contributed by atoms with E-state index >= 15 is 0 Å². The second-order valence-electron chi connectivity index (χ2n) is 5.69. The zero-order valence-corrected chi connectivity index (χ0v) is 13.4. The van der Waals surface area contributed by atoms with Crippen LogP contribution < -0.4 is 11.3 Å². The number of nitrogens with two attached hydrogens (primary N) is 1. The molecule has 1 saturated carbocycles. The second-order valence-corrected chi connectivity index (χ2v) is 5.69. The number of fused-ring (bicyclic) bond motifs is 1. The molecule has 1 aliphatic carbocycles. The Kier molecular flexibility index (Phi) is 4.42. The largest absolute Gasteiger partial charge is 0.438 e. The van der Waals surface area contributed by atoms with Gasteiger partial charge in [-0.1, -0.05) is 6.42 Å². The number of hydrogen-bond acceptors (Lipinski definition) is 7. The number of nitrogens with zero attached hydrogens (tertiary/aromatic N) is 3. The van der Waals surface area contributed by atoms with E-state index < -0.39 is 6.10 Å². The van der Waals surface area contributed by atoms with E-state index in [4.69, 9.17) is 26.4 Å². The zero-order valence-electron chi connectivity index (χ0n) is 13.4. The van der Waals surface area contributed by atoms with Crippen LogP contribution in [0, 0.1) is 18.4 Å². The molecule has 3 N–H and O–H groups in total. The Balaban J connectivity index is 2.07. The molecule has 1 fully saturated rings. The van der Waals surface area contributed by atoms with Crippen molar-refractivity contribution in [1.82, 2.24) is 19.5 Å². The van der Waals surface area contributed by atoms with Crippen LogP contribution in [0.5, 0.6) is 0 Å². The summed E-state index contributed by atoms with van der Waals surface area (Å²) in [5.41, 5.74) is 5.87. The third-order valence-corrected chi connectivity index (χ3v) is 4.38. The summed E-state index contributed by atoms with van der Waals surface area (Å²) >= 11 is 0. The Morgan fingerprint density at radius 2 is 2.29 bits per heavy atom. The molecule has 3 rings (SSSR count). The van der Waals surface area contributed by atoms with Crippen LogP contribution in [-0.4, -0.2) is 52.6 Å². The number of aromatic amines is 1. The maximum absolute atomic E-state index is 12.0. The van der Waals surface area contributed by atoms with Crippen molar-refractivity contribution in [3.05, 3.63) is 16.7 Å². The number of methoxy groups -OCH3 is 2. The first-order chi connectivity index (χ1) is 11.6. The summed E-state index contributed by atoms with van der Waals surface area (Å²) in [6.07, 6.45) is 9.14. The molecule has 9 nitrogen and oxygen atoms in total. The third-order valence-electron chi connectivity index (χ3n) is 4.38. The SMILES string of the molecule is C#COC1C(OC)C(COC)CC1n1cnc2c(=O)[nH]c(N)nc21. The van der Waals surface area contributed by atoms with Gasteiger partial charge in [-0.15, -0.1) is 0 Å². The molecule has 2 heterocycles. The number of nitrogens with one attached hydrogen (secondary N) is 1. The van der Waals surface area contributed by atoms with E-state index in [2.05, 4.69) is 21.1 Å². The Labute approximate surface area is 138 Å². The van der Waals surface area contributed by atoms with Crippen molar-refractivity contribution in [2.75, 3.05) is 26.6 Å². The molecule has 0 radical (unpaired) electrons.